The maximum absolute atomic E-state index is 13.0. The fraction of sp³-hybridized carbons (Fsp3) is 0.250. The molecule has 38 heavy (non-hydrogen) atoms. The molecular weight excluding hydrogens is 525 g/mol. The standard InChI is InChI=1S/C28H29N5O3.2ClH/c29-28(30)20-6-11-25-24(16-20)32-27(33(25)17-26(34)19-4-2-1-3-5-19)18-35-21-7-9-22(10-8-21)36-23-12-14-31-15-13-23;;/h1-11,16,23,31H,12-15,17-18H2,(H3,29,30);2*1H. The van der Waals surface area contributed by atoms with E-state index in [1.54, 1.807) is 24.3 Å². The van der Waals surface area contributed by atoms with Crippen LogP contribution in [0, 0.1) is 5.41 Å². The Kier molecular flexibility index (Phi) is 10.1. The lowest BCUT2D eigenvalue weighted by atomic mass is 10.1. The number of Topliss-reactive ketones (excluding diaryl/α,β-unsaturated/α-hetero) is 1. The van der Waals surface area contributed by atoms with Gasteiger partial charge in [0.25, 0.3) is 0 Å². The highest BCUT2D eigenvalue weighted by atomic mass is 35.5. The summed E-state index contributed by atoms with van der Waals surface area (Å²) >= 11 is 0. The Morgan fingerprint density at radius 2 is 1.66 bits per heavy atom. The number of nitrogen functional groups attached to an aromatic ring is 1. The molecule has 0 aliphatic carbocycles. The van der Waals surface area contributed by atoms with Crippen molar-refractivity contribution in [3.8, 4) is 11.5 Å². The van der Waals surface area contributed by atoms with Crippen LogP contribution in [0.3, 0.4) is 0 Å². The molecule has 1 aromatic heterocycles. The third kappa shape index (κ3) is 6.83. The lowest BCUT2D eigenvalue weighted by Crippen LogP contribution is -2.34. The number of nitrogens with two attached hydrogens (primary N) is 1. The number of piperidine rings is 1. The average molecular weight is 556 g/mol. The maximum Gasteiger partial charge on any atom is 0.182 e. The molecule has 1 aliphatic rings. The molecule has 3 aromatic carbocycles. The Morgan fingerprint density at radius 3 is 2.34 bits per heavy atom. The highest BCUT2D eigenvalue weighted by Gasteiger charge is 2.17. The van der Waals surface area contributed by atoms with E-state index in [9.17, 15) is 4.79 Å². The van der Waals surface area contributed by atoms with Crippen LogP contribution >= 0.6 is 24.8 Å². The number of aromatic nitrogens is 2. The second-order valence-corrected chi connectivity index (χ2v) is 8.85. The van der Waals surface area contributed by atoms with Gasteiger partial charge in [0.05, 0.1) is 17.6 Å². The Balaban J connectivity index is 0.00000200. The van der Waals surface area contributed by atoms with Gasteiger partial charge < -0.3 is 25.1 Å². The summed E-state index contributed by atoms with van der Waals surface area (Å²) < 4.78 is 14.0. The van der Waals surface area contributed by atoms with E-state index in [-0.39, 0.29) is 55.7 Å². The summed E-state index contributed by atoms with van der Waals surface area (Å²) in [6.45, 7) is 2.27. The molecule has 4 aromatic rings. The number of fused-ring (bicyclic) bond motifs is 1. The van der Waals surface area contributed by atoms with E-state index in [1.165, 1.54) is 0 Å². The summed E-state index contributed by atoms with van der Waals surface area (Å²) in [5.74, 6) is 2.07. The number of imidazole rings is 1. The molecule has 1 aliphatic heterocycles. The number of benzene rings is 3. The number of ether oxygens (including phenoxy) is 2. The number of rotatable bonds is 9. The number of carbonyl (C=O) groups is 1. The summed E-state index contributed by atoms with van der Waals surface area (Å²) in [7, 11) is 0. The van der Waals surface area contributed by atoms with Gasteiger partial charge in [-0.15, -0.1) is 24.8 Å². The first-order valence-corrected chi connectivity index (χ1v) is 12.1. The zero-order chi connectivity index (χ0) is 24.9. The van der Waals surface area contributed by atoms with Gasteiger partial charge in [0.2, 0.25) is 0 Å². The van der Waals surface area contributed by atoms with Crippen molar-refractivity contribution in [3.63, 3.8) is 0 Å². The van der Waals surface area contributed by atoms with Crippen molar-refractivity contribution in [2.45, 2.75) is 32.1 Å². The van der Waals surface area contributed by atoms with E-state index in [2.05, 4.69) is 5.32 Å². The molecule has 0 saturated carbocycles. The molecule has 0 unspecified atom stereocenters. The Hall–Kier alpha value is -3.59. The topological polar surface area (TPSA) is 115 Å². The van der Waals surface area contributed by atoms with E-state index in [0.717, 1.165) is 37.2 Å². The minimum Gasteiger partial charge on any atom is -0.490 e. The Morgan fingerprint density at radius 1 is 0.974 bits per heavy atom. The van der Waals surface area contributed by atoms with Crippen LogP contribution < -0.4 is 20.5 Å². The second-order valence-electron chi connectivity index (χ2n) is 8.85. The van der Waals surface area contributed by atoms with Crippen molar-refractivity contribution in [3.05, 3.63) is 89.7 Å². The zero-order valence-electron chi connectivity index (χ0n) is 20.8. The molecule has 200 valence electrons. The number of hydrogen-bond acceptors (Lipinski definition) is 6. The first kappa shape index (κ1) is 29.0. The summed E-state index contributed by atoms with van der Waals surface area (Å²) in [5.41, 5.74) is 8.33. The summed E-state index contributed by atoms with van der Waals surface area (Å²) in [6.07, 6.45) is 2.24. The number of halogens is 2. The zero-order valence-corrected chi connectivity index (χ0v) is 22.4. The van der Waals surface area contributed by atoms with Crippen molar-refractivity contribution >= 4 is 47.5 Å². The third-order valence-electron chi connectivity index (χ3n) is 6.32. The molecule has 0 amide bonds. The molecule has 10 heteroatoms. The first-order chi connectivity index (χ1) is 17.6. The van der Waals surface area contributed by atoms with Crippen LogP contribution in [0.5, 0.6) is 11.5 Å². The summed E-state index contributed by atoms with van der Waals surface area (Å²) in [5, 5.41) is 11.1. The summed E-state index contributed by atoms with van der Waals surface area (Å²) in [4.78, 5) is 17.7. The second kappa shape index (κ2) is 13.3. The van der Waals surface area contributed by atoms with Gasteiger partial charge in [0.1, 0.15) is 35.9 Å². The molecule has 1 fully saturated rings. The van der Waals surface area contributed by atoms with Crippen molar-refractivity contribution in [1.82, 2.24) is 14.9 Å². The number of nitrogens with one attached hydrogen (secondary N) is 2. The van der Waals surface area contributed by atoms with Gasteiger partial charge in [-0.05, 0) is 68.4 Å². The Labute approximate surface area is 233 Å². The lowest BCUT2D eigenvalue weighted by molar-refractivity contribution is 0.0971. The van der Waals surface area contributed by atoms with E-state index < -0.39 is 0 Å². The van der Waals surface area contributed by atoms with E-state index in [1.807, 2.05) is 53.1 Å². The molecule has 0 spiro atoms. The number of nitrogens with zero attached hydrogens (tertiary/aromatic N) is 2. The fourth-order valence-electron chi connectivity index (χ4n) is 4.36. The van der Waals surface area contributed by atoms with Gasteiger partial charge in [-0.1, -0.05) is 30.3 Å². The largest absolute Gasteiger partial charge is 0.490 e. The van der Waals surface area contributed by atoms with Gasteiger partial charge >= 0.3 is 0 Å². The van der Waals surface area contributed by atoms with Crippen LogP contribution in [-0.2, 0) is 13.2 Å². The van der Waals surface area contributed by atoms with Gasteiger partial charge in [-0.3, -0.25) is 10.2 Å². The van der Waals surface area contributed by atoms with Gasteiger partial charge in [0.15, 0.2) is 5.78 Å². The minimum atomic E-state index is -0.0311. The predicted octanol–water partition coefficient (Wildman–Crippen LogP) is 4.76. The summed E-state index contributed by atoms with van der Waals surface area (Å²) in [6, 6.07) is 22.1. The van der Waals surface area contributed by atoms with E-state index in [0.29, 0.717) is 28.2 Å². The number of ketones is 1. The van der Waals surface area contributed by atoms with Crippen LogP contribution in [-0.4, -0.2) is 40.4 Å². The average Bonchev–Trinajstić information content (AvgIpc) is 3.25. The molecule has 0 atom stereocenters. The molecule has 0 bridgehead atoms. The SMILES string of the molecule is Cl.Cl.N=C(N)c1ccc2c(c1)nc(COc1ccc(OC3CCNCC3)cc1)n2CC(=O)c1ccccc1. The number of amidine groups is 1. The van der Waals surface area contributed by atoms with Crippen LogP contribution in [0.15, 0.2) is 72.8 Å². The normalized spacial score (nSPS) is 13.3. The molecule has 8 nitrogen and oxygen atoms in total. The molecule has 4 N–H and O–H groups in total. The highest BCUT2D eigenvalue weighted by molar-refractivity contribution is 5.99. The monoisotopic (exact) mass is 555 g/mol. The first-order valence-electron chi connectivity index (χ1n) is 12.1. The quantitative estimate of drug-likeness (QED) is 0.156. The van der Waals surface area contributed by atoms with Crippen molar-refractivity contribution < 1.29 is 14.3 Å². The molecule has 0 radical (unpaired) electrons. The molecule has 5 rings (SSSR count). The van der Waals surface area contributed by atoms with Crippen molar-refractivity contribution in [1.29, 1.82) is 5.41 Å². The van der Waals surface area contributed by atoms with Crippen molar-refractivity contribution in [2.75, 3.05) is 13.1 Å². The molecule has 2 heterocycles. The third-order valence-corrected chi connectivity index (χ3v) is 6.32. The van der Waals surface area contributed by atoms with Gasteiger partial charge in [-0.25, -0.2) is 4.98 Å². The van der Waals surface area contributed by atoms with E-state index in [4.69, 9.17) is 25.6 Å². The lowest BCUT2D eigenvalue weighted by Gasteiger charge is -2.23. The maximum atomic E-state index is 13.0. The molecule has 1 saturated heterocycles. The minimum absolute atomic E-state index is 0. The van der Waals surface area contributed by atoms with Crippen LogP contribution in [0.2, 0.25) is 0 Å². The van der Waals surface area contributed by atoms with Gasteiger partial charge in [-0.2, -0.15) is 0 Å². The van der Waals surface area contributed by atoms with Crippen LogP contribution in [0.4, 0.5) is 0 Å². The smallest absolute Gasteiger partial charge is 0.182 e. The highest BCUT2D eigenvalue weighted by Crippen LogP contribution is 2.23. The number of hydrogen-bond donors (Lipinski definition) is 3. The van der Waals surface area contributed by atoms with Gasteiger partial charge in [0, 0.05) is 11.1 Å². The van der Waals surface area contributed by atoms with Crippen LogP contribution in [0.25, 0.3) is 11.0 Å². The molecular formula is C28H31Cl2N5O3. The number of carbonyl (C=O) groups excluding carboxylic acids is 1. The Bertz CT molecular complexity index is 1370. The van der Waals surface area contributed by atoms with Crippen LogP contribution in [0.1, 0.15) is 34.6 Å². The predicted molar refractivity (Wildman–Crippen MR) is 153 cm³/mol. The fourth-order valence-corrected chi connectivity index (χ4v) is 4.36. The van der Waals surface area contributed by atoms with E-state index >= 15 is 0 Å². The van der Waals surface area contributed by atoms with Crippen molar-refractivity contribution in [2.24, 2.45) is 5.73 Å².